The summed E-state index contributed by atoms with van der Waals surface area (Å²) in [5, 5.41) is 9.21. The highest BCUT2D eigenvalue weighted by Gasteiger charge is 2.17. The van der Waals surface area contributed by atoms with Crippen molar-refractivity contribution >= 4 is 0 Å². The zero-order valence-electron chi connectivity index (χ0n) is 5.86. The molecule has 2 heteroatoms. The van der Waals surface area contributed by atoms with Gasteiger partial charge in [0.05, 0.1) is 6.26 Å². The lowest BCUT2D eigenvalue weighted by Crippen LogP contribution is -2.26. The maximum Gasteiger partial charge on any atom is 0.127 e. The monoisotopic (exact) mass is 140 g/mol. The smallest absolute Gasteiger partial charge is 0.127 e. The van der Waals surface area contributed by atoms with Crippen molar-refractivity contribution in [3.05, 3.63) is 25.0 Å². The summed E-state index contributed by atoms with van der Waals surface area (Å²) in [6.45, 7) is 3.48. The van der Waals surface area contributed by atoms with E-state index < -0.39 is 6.10 Å². The molecular weight excluding hydrogens is 128 g/mol. The van der Waals surface area contributed by atoms with Gasteiger partial charge in [-0.2, -0.15) is 0 Å². The Morgan fingerprint density at radius 1 is 1.80 bits per heavy atom. The second kappa shape index (κ2) is 3.42. The zero-order chi connectivity index (χ0) is 7.40. The first kappa shape index (κ1) is 7.35. The van der Waals surface area contributed by atoms with Crippen LogP contribution in [0.1, 0.15) is 12.8 Å². The van der Waals surface area contributed by atoms with E-state index in [0.29, 0.717) is 0 Å². The minimum atomic E-state index is -0.523. The number of aliphatic hydroxyl groups excluding tert-OH is 1. The Morgan fingerprint density at radius 3 is 3.10 bits per heavy atom. The van der Waals surface area contributed by atoms with Gasteiger partial charge in [0.25, 0.3) is 0 Å². The average Bonchev–Trinajstić information content (AvgIpc) is 2.05. The summed E-state index contributed by atoms with van der Waals surface area (Å²) in [4.78, 5) is 0. The highest BCUT2D eigenvalue weighted by atomic mass is 16.5. The van der Waals surface area contributed by atoms with Crippen LogP contribution in [0, 0.1) is 0 Å². The third-order valence-electron chi connectivity index (χ3n) is 1.59. The topological polar surface area (TPSA) is 29.5 Å². The number of aliphatic hydroxyl groups is 1. The van der Waals surface area contributed by atoms with Crippen LogP contribution in [0.3, 0.4) is 0 Å². The molecular formula is C8H12O2. The molecule has 0 aromatic heterocycles. The van der Waals surface area contributed by atoms with Gasteiger partial charge in [-0.1, -0.05) is 6.08 Å². The second-order valence-electron chi connectivity index (χ2n) is 2.35. The first-order valence-electron chi connectivity index (χ1n) is 3.45. The first-order valence-corrected chi connectivity index (χ1v) is 3.45. The average molecular weight is 140 g/mol. The molecule has 1 heterocycles. The summed E-state index contributed by atoms with van der Waals surface area (Å²) >= 11 is 0. The van der Waals surface area contributed by atoms with Crippen LogP contribution in [0.2, 0.25) is 0 Å². The maximum absolute atomic E-state index is 9.21. The lowest BCUT2D eigenvalue weighted by atomic mass is 10.1. The van der Waals surface area contributed by atoms with Crippen molar-refractivity contribution in [2.45, 2.75) is 25.0 Å². The van der Waals surface area contributed by atoms with Crippen molar-refractivity contribution in [1.82, 2.24) is 0 Å². The quantitative estimate of drug-likeness (QED) is 0.584. The van der Waals surface area contributed by atoms with Crippen LogP contribution in [0.5, 0.6) is 0 Å². The largest absolute Gasteiger partial charge is 0.495 e. The summed E-state index contributed by atoms with van der Waals surface area (Å²) < 4.78 is 5.13. The van der Waals surface area contributed by atoms with E-state index in [1.807, 2.05) is 6.08 Å². The van der Waals surface area contributed by atoms with Crippen molar-refractivity contribution in [3.63, 3.8) is 0 Å². The number of hydrogen-bond donors (Lipinski definition) is 1. The third kappa shape index (κ3) is 1.61. The molecule has 2 nitrogen and oxygen atoms in total. The Bertz CT molecular complexity index is 140. The molecule has 1 aliphatic heterocycles. The highest BCUT2D eigenvalue weighted by Crippen LogP contribution is 2.13. The van der Waals surface area contributed by atoms with Crippen LogP contribution in [0.4, 0.5) is 0 Å². The summed E-state index contributed by atoms with van der Waals surface area (Å²) in [5.74, 6) is 0. The lowest BCUT2D eigenvalue weighted by Gasteiger charge is -2.21. The Morgan fingerprint density at radius 2 is 2.60 bits per heavy atom. The van der Waals surface area contributed by atoms with E-state index in [0.717, 1.165) is 12.8 Å². The van der Waals surface area contributed by atoms with Crippen molar-refractivity contribution < 1.29 is 9.84 Å². The summed E-state index contributed by atoms with van der Waals surface area (Å²) in [6.07, 6.45) is 6.35. The second-order valence-corrected chi connectivity index (χ2v) is 2.35. The van der Waals surface area contributed by atoms with Gasteiger partial charge in [-0.05, 0) is 18.9 Å². The first-order chi connectivity index (χ1) is 4.84. The molecule has 0 saturated carbocycles. The molecule has 0 radical (unpaired) electrons. The number of ether oxygens (including phenoxy) is 1. The predicted octanol–water partition coefficient (Wildman–Crippen LogP) is 1.23. The summed E-state index contributed by atoms with van der Waals surface area (Å²) in [6, 6.07) is 0. The van der Waals surface area contributed by atoms with Gasteiger partial charge in [-0.25, -0.2) is 0 Å². The minimum Gasteiger partial charge on any atom is -0.495 e. The fourth-order valence-corrected chi connectivity index (χ4v) is 0.956. The van der Waals surface area contributed by atoms with Gasteiger partial charge in [0, 0.05) is 0 Å². The van der Waals surface area contributed by atoms with Crippen molar-refractivity contribution in [2.24, 2.45) is 0 Å². The Labute approximate surface area is 60.8 Å². The van der Waals surface area contributed by atoms with E-state index in [2.05, 4.69) is 6.58 Å². The Balaban J connectivity index is 2.40. The fourth-order valence-electron chi connectivity index (χ4n) is 0.956. The standard InChI is InChI=1S/C8H12O2/c1-2-7(9)8-5-3-4-6-10-8/h2,4,6-9H,1,3,5H2/t7-,8-/m0/s1. The third-order valence-corrected chi connectivity index (χ3v) is 1.59. The summed E-state index contributed by atoms with van der Waals surface area (Å²) in [5.41, 5.74) is 0. The molecule has 0 amide bonds. The summed E-state index contributed by atoms with van der Waals surface area (Å²) in [7, 11) is 0. The van der Waals surface area contributed by atoms with Gasteiger partial charge in [0.15, 0.2) is 0 Å². The maximum atomic E-state index is 9.21. The van der Waals surface area contributed by atoms with Gasteiger partial charge in [0.2, 0.25) is 0 Å². The van der Waals surface area contributed by atoms with E-state index in [1.54, 1.807) is 6.26 Å². The highest BCUT2D eigenvalue weighted by molar-refractivity contribution is 4.91. The lowest BCUT2D eigenvalue weighted by molar-refractivity contribution is 0.0240. The van der Waals surface area contributed by atoms with E-state index >= 15 is 0 Å². The molecule has 1 rings (SSSR count). The molecule has 10 heavy (non-hydrogen) atoms. The number of rotatable bonds is 2. The molecule has 1 aliphatic rings. The van der Waals surface area contributed by atoms with Crippen LogP contribution in [-0.2, 0) is 4.74 Å². The van der Waals surface area contributed by atoms with E-state index in [4.69, 9.17) is 4.74 Å². The van der Waals surface area contributed by atoms with Crippen LogP contribution in [0.25, 0.3) is 0 Å². The van der Waals surface area contributed by atoms with E-state index in [-0.39, 0.29) is 6.10 Å². The van der Waals surface area contributed by atoms with Gasteiger partial charge >= 0.3 is 0 Å². The zero-order valence-corrected chi connectivity index (χ0v) is 5.86. The number of allylic oxidation sites excluding steroid dienone is 1. The van der Waals surface area contributed by atoms with Crippen molar-refractivity contribution in [3.8, 4) is 0 Å². The Kier molecular flexibility index (Phi) is 2.51. The molecule has 0 unspecified atom stereocenters. The van der Waals surface area contributed by atoms with Crippen LogP contribution in [0.15, 0.2) is 25.0 Å². The minimum absolute atomic E-state index is 0.0810. The molecule has 0 aromatic rings. The molecule has 0 saturated heterocycles. The van der Waals surface area contributed by atoms with Gasteiger partial charge in [-0.15, -0.1) is 6.58 Å². The van der Waals surface area contributed by atoms with E-state index in [9.17, 15) is 5.11 Å². The molecule has 56 valence electrons. The molecule has 0 bridgehead atoms. The van der Waals surface area contributed by atoms with Gasteiger partial charge < -0.3 is 9.84 Å². The van der Waals surface area contributed by atoms with Crippen LogP contribution in [-0.4, -0.2) is 17.3 Å². The molecule has 0 spiro atoms. The molecule has 0 aromatic carbocycles. The molecule has 1 N–H and O–H groups in total. The SMILES string of the molecule is C=C[C@H](O)[C@@H]1CCC=CO1. The van der Waals surface area contributed by atoms with Crippen LogP contribution >= 0.6 is 0 Å². The van der Waals surface area contributed by atoms with E-state index in [1.165, 1.54) is 6.08 Å². The van der Waals surface area contributed by atoms with Gasteiger partial charge in [-0.3, -0.25) is 0 Å². The molecule has 0 aliphatic carbocycles. The van der Waals surface area contributed by atoms with Gasteiger partial charge in [0.1, 0.15) is 12.2 Å². The predicted molar refractivity (Wildman–Crippen MR) is 39.5 cm³/mol. The van der Waals surface area contributed by atoms with Crippen LogP contribution < -0.4 is 0 Å². The Hall–Kier alpha value is -0.760. The molecule has 2 atom stereocenters. The fraction of sp³-hybridized carbons (Fsp3) is 0.500. The normalized spacial score (nSPS) is 27.1. The number of hydrogen-bond acceptors (Lipinski definition) is 2. The molecule has 0 fully saturated rings. The van der Waals surface area contributed by atoms with Crippen molar-refractivity contribution in [1.29, 1.82) is 0 Å². The van der Waals surface area contributed by atoms with Crippen molar-refractivity contribution in [2.75, 3.05) is 0 Å².